The van der Waals surface area contributed by atoms with Gasteiger partial charge >= 0.3 is 6.36 Å². The largest absolute Gasteiger partial charge is 0.573 e. The Bertz CT molecular complexity index is 1390. The molecule has 40 heavy (non-hydrogen) atoms. The second-order valence-corrected chi connectivity index (χ2v) is 8.76. The van der Waals surface area contributed by atoms with Crippen LogP contribution in [-0.2, 0) is 9.59 Å². The van der Waals surface area contributed by atoms with Crippen molar-refractivity contribution in [2.45, 2.75) is 32.5 Å². The van der Waals surface area contributed by atoms with Crippen molar-refractivity contribution in [1.29, 1.82) is 0 Å². The first kappa shape index (κ1) is 29.7. The van der Waals surface area contributed by atoms with Gasteiger partial charge in [0.25, 0.3) is 0 Å². The SMILES string of the molecule is COc1ccc(NC(=O)CC(=O)Nc2ccc(C(N)=NC=Nc3ccc(OC(F)(F)F)cc3)cc2)c(C(C)C)c1. The number of anilines is 2. The summed E-state index contributed by atoms with van der Waals surface area (Å²) in [4.78, 5) is 32.9. The Morgan fingerprint density at radius 1 is 0.950 bits per heavy atom. The first-order valence-electron chi connectivity index (χ1n) is 12.0. The molecule has 4 N–H and O–H groups in total. The zero-order valence-electron chi connectivity index (χ0n) is 22.0. The van der Waals surface area contributed by atoms with Crippen molar-refractivity contribution in [2.75, 3.05) is 17.7 Å². The number of benzene rings is 3. The fourth-order valence-electron chi connectivity index (χ4n) is 3.50. The predicted molar refractivity (Wildman–Crippen MR) is 147 cm³/mol. The summed E-state index contributed by atoms with van der Waals surface area (Å²) in [6.45, 7) is 3.98. The second kappa shape index (κ2) is 13.3. The lowest BCUT2D eigenvalue weighted by atomic mass is 10.0. The molecule has 0 atom stereocenters. The number of carbonyl (C=O) groups excluding carboxylic acids is 2. The monoisotopic (exact) mass is 555 g/mol. The Balaban J connectivity index is 1.53. The van der Waals surface area contributed by atoms with Gasteiger partial charge in [0, 0.05) is 16.9 Å². The van der Waals surface area contributed by atoms with E-state index in [0.29, 0.717) is 28.4 Å². The third kappa shape index (κ3) is 9.15. The molecule has 3 rings (SSSR count). The number of alkyl halides is 3. The van der Waals surface area contributed by atoms with Crippen LogP contribution < -0.4 is 25.8 Å². The number of nitrogens with zero attached hydrogens (tertiary/aromatic N) is 2. The Morgan fingerprint density at radius 2 is 1.57 bits per heavy atom. The second-order valence-electron chi connectivity index (χ2n) is 8.76. The Kier molecular flexibility index (Phi) is 9.85. The number of hydrogen-bond acceptors (Lipinski definition) is 5. The van der Waals surface area contributed by atoms with Gasteiger partial charge in [0.1, 0.15) is 30.1 Å². The number of hydrogen-bond donors (Lipinski definition) is 3. The van der Waals surface area contributed by atoms with Gasteiger partial charge in [-0.05, 0) is 78.2 Å². The number of ether oxygens (including phenoxy) is 2. The molecular formula is C28H28F3N5O4. The summed E-state index contributed by atoms with van der Waals surface area (Å²) in [5.74, 6) is -0.384. The summed E-state index contributed by atoms with van der Waals surface area (Å²) in [5.41, 5.74) is 8.81. The molecule has 0 aliphatic rings. The minimum Gasteiger partial charge on any atom is -0.497 e. The van der Waals surface area contributed by atoms with Crippen LogP contribution in [0.3, 0.4) is 0 Å². The zero-order valence-corrected chi connectivity index (χ0v) is 22.0. The van der Waals surface area contributed by atoms with E-state index in [1.165, 1.54) is 12.1 Å². The summed E-state index contributed by atoms with van der Waals surface area (Å²) < 4.78 is 45.8. The number of aliphatic imine (C=N–C) groups is 2. The van der Waals surface area contributed by atoms with Gasteiger partial charge < -0.3 is 25.8 Å². The van der Waals surface area contributed by atoms with E-state index in [-0.39, 0.29) is 23.9 Å². The standard InChI is InChI=1S/C28H28F3N5O4/c1-17(2)23-14-22(39-3)12-13-24(23)36-26(38)15-25(37)35-20-6-4-18(5-7-20)27(32)34-16-33-19-8-10-21(11-9-19)40-28(29,30)31/h4-14,16-17H,15H2,1-3H3,(H,35,37)(H,36,38)(H2,32,33,34). The van der Waals surface area contributed by atoms with Crippen LogP contribution in [0.5, 0.6) is 11.5 Å². The normalized spacial score (nSPS) is 11.9. The van der Waals surface area contributed by atoms with E-state index in [2.05, 4.69) is 25.4 Å². The highest BCUT2D eigenvalue weighted by Gasteiger charge is 2.30. The number of halogens is 3. The van der Waals surface area contributed by atoms with Gasteiger partial charge in [-0.25, -0.2) is 9.98 Å². The molecule has 0 unspecified atom stereocenters. The van der Waals surface area contributed by atoms with Crippen LogP contribution in [0, 0.1) is 0 Å². The molecule has 0 aromatic heterocycles. The molecule has 0 bridgehead atoms. The van der Waals surface area contributed by atoms with Crippen molar-refractivity contribution in [3.8, 4) is 11.5 Å². The van der Waals surface area contributed by atoms with Crippen molar-refractivity contribution < 1.29 is 32.2 Å². The average Bonchev–Trinajstić information content (AvgIpc) is 2.89. The summed E-state index contributed by atoms with van der Waals surface area (Å²) in [7, 11) is 1.57. The quantitative estimate of drug-likeness (QED) is 0.167. The van der Waals surface area contributed by atoms with Gasteiger partial charge in [-0.3, -0.25) is 9.59 Å². The van der Waals surface area contributed by atoms with Crippen molar-refractivity contribution in [2.24, 2.45) is 15.7 Å². The molecule has 12 heteroatoms. The van der Waals surface area contributed by atoms with Crippen molar-refractivity contribution in [1.82, 2.24) is 0 Å². The van der Waals surface area contributed by atoms with Gasteiger partial charge in [-0.2, -0.15) is 0 Å². The number of amides is 2. The van der Waals surface area contributed by atoms with Crippen LogP contribution in [0.4, 0.5) is 30.2 Å². The van der Waals surface area contributed by atoms with E-state index in [1.807, 2.05) is 19.9 Å². The van der Waals surface area contributed by atoms with Crippen molar-refractivity contribution >= 4 is 41.1 Å². The van der Waals surface area contributed by atoms with E-state index in [9.17, 15) is 22.8 Å². The Hall–Kier alpha value is -4.87. The smallest absolute Gasteiger partial charge is 0.497 e. The molecule has 0 spiro atoms. The highest BCUT2D eigenvalue weighted by molar-refractivity contribution is 6.08. The first-order valence-corrected chi connectivity index (χ1v) is 12.0. The lowest BCUT2D eigenvalue weighted by molar-refractivity contribution is -0.274. The summed E-state index contributed by atoms with van der Waals surface area (Å²) in [6.07, 6.45) is -3.99. The van der Waals surface area contributed by atoms with E-state index < -0.39 is 18.2 Å². The van der Waals surface area contributed by atoms with Crippen LogP contribution >= 0.6 is 0 Å². The van der Waals surface area contributed by atoms with E-state index in [1.54, 1.807) is 43.5 Å². The molecule has 0 saturated carbocycles. The van der Waals surface area contributed by atoms with Crippen molar-refractivity contribution in [3.63, 3.8) is 0 Å². The minimum absolute atomic E-state index is 0.124. The maximum atomic E-state index is 12.5. The van der Waals surface area contributed by atoms with Crippen LogP contribution in [-0.4, -0.2) is 37.5 Å². The maximum Gasteiger partial charge on any atom is 0.573 e. The summed E-state index contributed by atoms with van der Waals surface area (Å²) in [5, 5.41) is 5.43. The number of carbonyl (C=O) groups is 2. The summed E-state index contributed by atoms with van der Waals surface area (Å²) in [6, 6.07) is 16.7. The molecule has 0 radical (unpaired) electrons. The van der Waals surface area contributed by atoms with Crippen LogP contribution in [0.15, 0.2) is 76.7 Å². The topological polar surface area (TPSA) is 127 Å². The molecule has 3 aromatic rings. The maximum absolute atomic E-state index is 12.5. The van der Waals surface area contributed by atoms with Gasteiger partial charge in [-0.15, -0.1) is 13.2 Å². The molecule has 0 fully saturated rings. The summed E-state index contributed by atoms with van der Waals surface area (Å²) >= 11 is 0. The predicted octanol–water partition coefficient (Wildman–Crippen LogP) is 5.75. The molecule has 3 aromatic carbocycles. The molecule has 2 amide bonds. The third-order valence-corrected chi connectivity index (χ3v) is 5.41. The number of amidine groups is 1. The minimum atomic E-state index is -4.77. The molecule has 0 heterocycles. The van der Waals surface area contributed by atoms with Gasteiger partial charge in [0.15, 0.2) is 0 Å². The fraction of sp³-hybridized carbons (Fsp3) is 0.214. The zero-order chi connectivity index (χ0) is 29.3. The van der Waals surface area contributed by atoms with Crippen LogP contribution in [0.2, 0.25) is 0 Å². The van der Waals surface area contributed by atoms with Crippen molar-refractivity contribution in [3.05, 3.63) is 77.9 Å². The number of methoxy groups -OCH3 is 1. The fourth-order valence-corrected chi connectivity index (χ4v) is 3.50. The van der Waals surface area contributed by atoms with E-state index in [0.717, 1.165) is 24.0 Å². The average molecular weight is 556 g/mol. The first-order chi connectivity index (χ1) is 18.9. The van der Waals surface area contributed by atoms with E-state index in [4.69, 9.17) is 10.5 Å². The molecular weight excluding hydrogens is 527 g/mol. The van der Waals surface area contributed by atoms with Gasteiger partial charge in [-0.1, -0.05) is 13.8 Å². The molecule has 9 nitrogen and oxygen atoms in total. The Labute approximate surface area is 228 Å². The third-order valence-electron chi connectivity index (χ3n) is 5.41. The van der Waals surface area contributed by atoms with E-state index >= 15 is 0 Å². The number of nitrogens with one attached hydrogen (secondary N) is 2. The molecule has 0 aliphatic carbocycles. The lowest BCUT2D eigenvalue weighted by Gasteiger charge is -2.15. The van der Waals surface area contributed by atoms with Gasteiger partial charge in [0.2, 0.25) is 11.8 Å². The van der Waals surface area contributed by atoms with Crippen LogP contribution in [0.25, 0.3) is 0 Å². The number of nitrogens with two attached hydrogens (primary N) is 1. The lowest BCUT2D eigenvalue weighted by Crippen LogP contribution is -2.22. The number of rotatable bonds is 10. The van der Waals surface area contributed by atoms with Gasteiger partial charge in [0.05, 0.1) is 12.8 Å². The van der Waals surface area contributed by atoms with Crippen LogP contribution in [0.1, 0.15) is 37.3 Å². The molecule has 0 aliphatic heterocycles. The molecule has 0 saturated heterocycles. The highest BCUT2D eigenvalue weighted by Crippen LogP contribution is 2.29. The Morgan fingerprint density at radius 3 is 2.17 bits per heavy atom. The molecule has 210 valence electrons. The highest BCUT2D eigenvalue weighted by atomic mass is 19.4.